The molecule has 2 aromatic rings. The van der Waals surface area contributed by atoms with Gasteiger partial charge in [0.15, 0.2) is 0 Å². The molecule has 94 valence electrons. The van der Waals surface area contributed by atoms with Crippen LogP contribution >= 0.6 is 23.6 Å². The van der Waals surface area contributed by atoms with Gasteiger partial charge < -0.3 is 5.73 Å². The first kappa shape index (κ1) is 11.8. The van der Waals surface area contributed by atoms with Gasteiger partial charge in [0.25, 0.3) is 5.56 Å². The molecule has 2 aromatic heterocycles. The van der Waals surface area contributed by atoms with Crippen molar-refractivity contribution in [2.24, 2.45) is 5.73 Å². The van der Waals surface area contributed by atoms with Gasteiger partial charge in [-0.3, -0.25) is 9.36 Å². The summed E-state index contributed by atoms with van der Waals surface area (Å²) in [6, 6.07) is 0. The summed E-state index contributed by atoms with van der Waals surface area (Å²) < 4.78 is 1.58. The van der Waals surface area contributed by atoms with Crippen molar-refractivity contribution in [3.8, 4) is 0 Å². The first-order valence-electron chi connectivity index (χ1n) is 5.88. The van der Waals surface area contributed by atoms with Crippen LogP contribution in [0.4, 0.5) is 0 Å². The maximum atomic E-state index is 12.5. The standard InChI is InChI=1S/C12H13N3OS2/c1-6-14-11-10(7-3-2-4-8(7)18-11)12(16)15(6)5-9(13)17/h2-5H2,1H3,(H2,13,17). The van der Waals surface area contributed by atoms with Gasteiger partial charge in [-0.25, -0.2) is 4.98 Å². The molecular weight excluding hydrogens is 266 g/mol. The first-order chi connectivity index (χ1) is 8.58. The number of rotatable bonds is 2. The minimum Gasteiger partial charge on any atom is -0.392 e. The number of nitrogens with two attached hydrogens (primary N) is 1. The molecule has 1 aliphatic rings. The minimum atomic E-state index is 0.00435. The number of hydrogen-bond acceptors (Lipinski definition) is 4. The van der Waals surface area contributed by atoms with E-state index in [0.717, 1.165) is 29.5 Å². The highest BCUT2D eigenvalue weighted by Gasteiger charge is 2.22. The van der Waals surface area contributed by atoms with Crippen LogP contribution in [0, 0.1) is 6.92 Å². The molecule has 0 aromatic carbocycles. The predicted molar refractivity (Wildman–Crippen MR) is 77.4 cm³/mol. The molecule has 0 amide bonds. The Kier molecular flexibility index (Phi) is 2.71. The van der Waals surface area contributed by atoms with Crippen molar-refractivity contribution in [3.63, 3.8) is 0 Å². The van der Waals surface area contributed by atoms with Crippen LogP contribution in [0.5, 0.6) is 0 Å². The topological polar surface area (TPSA) is 60.9 Å². The van der Waals surface area contributed by atoms with Crippen LogP contribution in [-0.2, 0) is 19.4 Å². The number of thiophene rings is 1. The zero-order valence-electron chi connectivity index (χ0n) is 10.0. The average molecular weight is 279 g/mol. The van der Waals surface area contributed by atoms with E-state index in [-0.39, 0.29) is 12.1 Å². The number of aryl methyl sites for hydroxylation is 3. The van der Waals surface area contributed by atoms with Gasteiger partial charge in [-0.05, 0) is 31.7 Å². The molecular formula is C12H13N3OS2. The fraction of sp³-hybridized carbons (Fsp3) is 0.417. The minimum absolute atomic E-state index is 0.00435. The van der Waals surface area contributed by atoms with E-state index in [4.69, 9.17) is 18.0 Å². The normalized spacial score (nSPS) is 14.1. The van der Waals surface area contributed by atoms with Crippen LogP contribution in [0.2, 0.25) is 0 Å². The monoisotopic (exact) mass is 279 g/mol. The molecule has 2 N–H and O–H groups in total. The fourth-order valence-electron chi connectivity index (χ4n) is 2.52. The zero-order chi connectivity index (χ0) is 12.9. The lowest BCUT2D eigenvalue weighted by atomic mass is 10.2. The molecule has 0 bridgehead atoms. The van der Waals surface area contributed by atoms with Crippen molar-refractivity contribution < 1.29 is 0 Å². The smallest absolute Gasteiger partial charge is 0.262 e. The van der Waals surface area contributed by atoms with Crippen molar-refractivity contribution in [1.82, 2.24) is 9.55 Å². The molecule has 0 aliphatic heterocycles. The molecule has 0 saturated heterocycles. The third kappa shape index (κ3) is 1.67. The van der Waals surface area contributed by atoms with E-state index in [1.165, 1.54) is 10.4 Å². The lowest BCUT2D eigenvalue weighted by Gasteiger charge is -2.08. The van der Waals surface area contributed by atoms with Crippen molar-refractivity contribution in [2.45, 2.75) is 32.7 Å². The highest BCUT2D eigenvalue weighted by atomic mass is 32.1. The quantitative estimate of drug-likeness (QED) is 0.847. The van der Waals surface area contributed by atoms with Gasteiger partial charge in [-0.2, -0.15) is 0 Å². The fourth-order valence-corrected chi connectivity index (χ4v) is 3.95. The van der Waals surface area contributed by atoms with Crippen LogP contribution in [0.1, 0.15) is 22.7 Å². The highest BCUT2D eigenvalue weighted by Crippen LogP contribution is 2.34. The number of thiocarbonyl (C=S) groups is 1. The van der Waals surface area contributed by atoms with Crippen molar-refractivity contribution in [3.05, 3.63) is 26.6 Å². The van der Waals surface area contributed by atoms with Crippen LogP contribution in [-0.4, -0.2) is 14.5 Å². The van der Waals surface area contributed by atoms with E-state index in [1.807, 2.05) is 6.92 Å². The third-order valence-corrected chi connectivity index (χ3v) is 4.64. The summed E-state index contributed by atoms with van der Waals surface area (Å²) in [7, 11) is 0. The second-order valence-electron chi connectivity index (χ2n) is 4.55. The highest BCUT2D eigenvalue weighted by molar-refractivity contribution is 7.80. The van der Waals surface area contributed by atoms with Crippen LogP contribution < -0.4 is 11.3 Å². The molecule has 0 saturated carbocycles. The second-order valence-corrected chi connectivity index (χ2v) is 6.16. The Balaban J connectivity index is 2.32. The van der Waals surface area contributed by atoms with Crippen LogP contribution in [0.3, 0.4) is 0 Å². The summed E-state index contributed by atoms with van der Waals surface area (Å²) >= 11 is 6.54. The lowest BCUT2D eigenvalue weighted by Crippen LogP contribution is -2.29. The van der Waals surface area contributed by atoms with Gasteiger partial charge in [-0.15, -0.1) is 11.3 Å². The van der Waals surface area contributed by atoms with Crippen LogP contribution in [0.25, 0.3) is 10.2 Å². The van der Waals surface area contributed by atoms with Gasteiger partial charge in [0.05, 0.1) is 16.9 Å². The van der Waals surface area contributed by atoms with Gasteiger partial charge in [0.2, 0.25) is 0 Å². The molecule has 1 aliphatic carbocycles. The molecule has 0 fully saturated rings. The van der Waals surface area contributed by atoms with E-state index >= 15 is 0 Å². The SMILES string of the molecule is Cc1nc2sc3c(c2c(=O)n1CC(N)=S)CCC3. The summed E-state index contributed by atoms with van der Waals surface area (Å²) in [6.07, 6.45) is 3.20. The summed E-state index contributed by atoms with van der Waals surface area (Å²) in [6.45, 7) is 2.09. The largest absolute Gasteiger partial charge is 0.392 e. The predicted octanol–water partition coefficient (Wildman–Crippen LogP) is 1.54. The van der Waals surface area contributed by atoms with Crippen molar-refractivity contribution >= 4 is 38.8 Å². The number of hydrogen-bond donors (Lipinski definition) is 1. The Hall–Kier alpha value is -1.27. The van der Waals surface area contributed by atoms with Crippen molar-refractivity contribution in [2.75, 3.05) is 0 Å². The first-order valence-corrected chi connectivity index (χ1v) is 7.10. The maximum absolute atomic E-state index is 12.5. The summed E-state index contributed by atoms with van der Waals surface area (Å²) in [4.78, 5) is 19.5. The number of fused-ring (bicyclic) bond motifs is 3. The third-order valence-electron chi connectivity index (χ3n) is 3.33. The summed E-state index contributed by atoms with van der Waals surface area (Å²) in [5.74, 6) is 0.681. The van der Waals surface area contributed by atoms with Crippen LogP contribution in [0.15, 0.2) is 4.79 Å². The second kappa shape index (κ2) is 4.13. The molecule has 2 heterocycles. The molecule has 18 heavy (non-hydrogen) atoms. The Labute approximate surface area is 113 Å². The molecule has 3 rings (SSSR count). The maximum Gasteiger partial charge on any atom is 0.262 e. The Bertz CT molecular complexity index is 714. The molecule has 0 atom stereocenters. The Morgan fingerprint density at radius 1 is 1.56 bits per heavy atom. The Morgan fingerprint density at radius 2 is 2.33 bits per heavy atom. The van der Waals surface area contributed by atoms with E-state index in [0.29, 0.717) is 10.8 Å². The molecule has 4 nitrogen and oxygen atoms in total. The van der Waals surface area contributed by atoms with Gasteiger partial charge in [-0.1, -0.05) is 12.2 Å². The van der Waals surface area contributed by atoms with E-state index in [1.54, 1.807) is 15.9 Å². The van der Waals surface area contributed by atoms with E-state index in [9.17, 15) is 4.79 Å². The van der Waals surface area contributed by atoms with Gasteiger partial charge in [0.1, 0.15) is 10.7 Å². The van der Waals surface area contributed by atoms with E-state index in [2.05, 4.69) is 4.98 Å². The summed E-state index contributed by atoms with van der Waals surface area (Å²) in [5.41, 5.74) is 6.74. The van der Waals surface area contributed by atoms with Gasteiger partial charge in [0, 0.05) is 4.88 Å². The molecule has 0 radical (unpaired) electrons. The molecule has 6 heteroatoms. The summed E-state index contributed by atoms with van der Waals surface area (Å²) in [5, 5.41) is 0.786. The number of aromatic nitrogens is 2. The zero-order valence-corrected chi connectivity index (χ0v) is 11.7. The lowest BCUT2D eigenvalue weighted by molar-refractivity contribution is 0.752. The molecule has 0 spiro atoms. The Morgan fingerprint density at radius 3 is 3.06 bits per heavy atom. The number of nitrogens with zero attached hydrogens (tertiary/aromatic N) is 2. The van der Waals surface area contributed by atoms with Crippen molar-refractivity contribution in [1.29, 1.82) is 0 Å². The molecule has 0 unspecified atom stereocenters. The van der Waals surface area contributed by atoms with E-state index < -0.39 is 0 Å². The average Bonchev–Trinajstić information content (AvgIpc) is 2.83. The van der Waals surface area contributed by atoms with Gasteiger partial charge >= 0.3 is 0 Å².